The van der Waals surface area contributed by atoms with Crippen molar-refractivity contribution in [1.82, 2.24) is 0 Å². The van der Waals surface area contributed by atoms with Gasteiger partial charge in [0, 0.05) is 15.1 Å². The van der Waals surface area contributed by atoms with Crippen LogP contribution in [0.15, 0.2) is 100 Å². The Hall–Kier alpha value is -2.76. The molecule has 0 saturated carbocycles. The highest BCUT2D eigenvalue weighted by molar-refractivity contribution is 9.10. The maximum Gasteiger partial charge on any atom is 0.342 e. The minimum absolute atomic E-state index is 0.224. The zero-order valence-corrected chi connectivity index (χ0v) is 19.2. The summed E-state index contributed by atoms with van der Waals surface area (Å²) < 4.78 is 12.7. The Labute approximate surface area is 194 Å². The largest absolute Gasteiger partial charge is 0.492 e. The molecule has 3 nitrogen and oxygen atoms in total. The lowest BCUT2D eigenvalue weighted by atomic mass is 10.0. The number of esters is 1. The van der Waals surface area contributed by atoms with E-state index < -0.39 is 0 Å². The van der Waals surface area contributed by atoms with Crippen LogP contribution in [-0.2, 0) is 11.3 Å². The minimum atomic E-state index is -0.379. The maximum absolute atomic E-state index is 13.0. The number of thioether (sulfide) groups is 1. The van der Waals surface area contributed by atoms with Crippen LogP contribution >= 0.6 is 27.7 Å². The van der Waals surface area contributed by atoms with Crippen molar-refractivity contribution in [3.05, 3.63) is 107 Å². The van der Waals surface area contributed by atoms with E-state index in [2.05, 4.69) is 28.1 Å². The molecule has 4 aromatic carbocycles. The van der Waals surface area contributed by atoms with Crippen LogP contribution in [-0.4, -0.2) is 18.3 Å². The number of ether oxygens (including phenoxy) is 2. The third-order valence-corrected chi connectivity index (χ3v) is 6.24. The maximum atomic E-state index is 13.0. The fourth-order valence-electron chi connectivity index (χ4n) is 3.22. The lowest BCUT2D eigenvalue weighted by Crippen LogP contribution is -2.10. The van der Waals surface area contributed by atoms with E-state index in [1.54, 1.807) is 11.8 Å². The molecule has 0 atom stereocenters. The topological polar surface area (TPSA) is 35.5 Å². The molecule has 0 spiro atoms. The third kappa shape index (κ3) is 5.69. The Balaban J connectivity index is 1.48. The quantitative estimate of drug-likeness (QED) is 0.149. The zero-order valence-electron chi connectivity index (χ0n) is 16.8. The second-order valence-electron chi connectivity index (χ2n) is 6.87. The van der Waals surface area contributed by atoms with Crippen molar-refractivity contribution in [1.29, 1.82) is 0 Å². The Kier molecular flexibility index (Phi) is 7.28. The van der Waals surface area contributed by atoms with Crippen molar-refractivity contribution in [2.45, 2.75) is 11.5 Å². The lowest BCUT2D eigenvalue weighted by Gasteiger charge is -2.14. The van der Waals surface area contributed by atoms with Crippen molar-refractivity contribution in [3.63, 3.8) is 0 Å². The number of hydrogen-bond donors (Lipinski definition) is 0. The van der Waals surface area contributed by atoms with Crippen molar-refractivity contribution in [2.24, 2.45) is 0 Å². The number of rotatable bonds is 8. The van der Waals surface area contributed by atoms with E-state index in [1.807, 2.05) is 78.9 Å². The van der Waals surface area contributed by atoms with Crippen LogP contribution in [0.2, 0.25) is 0 Å². The Morgan fingerprint density at radius 1 is 0.839 bits per heavy atom. The minimum Gasteiger partial charge on any atom is -0.492 e. The zero-order chi connectivity index (χ0) is 21.5. The van der Waals surface area contributed by atoms with Gasteiger partial charge < -0.3 is 9.47 Å². The van der Waals surface area contributed by atoms with Gasteiger partial charge in [0.15, 0.2) is 0 Å². The molecule has 0 aliphatic heterocycles. The molecule has 0 fully saturated rings. The molecule has 31 heavy (non-hydrogen) atoms. The monoisotopic (exact) mass is 492 g/mol. The highest BCUT2D eigenvalue weighted by Gasteiger charge is 2.18. The van der Waals surface area contributed by atoms with Crippen LogP contribution in [0.1, 0.15) is 15.9 Å². The molecule has 0 aliphatic carbocycles. The first-order valence-corrected chi connectivity index (χ1v) is 11.7. The summed E-state index contributed by atoms with van der Waals surface area (Å²) in [5.41, 5.74) is 1.42. The van der Waals surface area contributed by atoms with Crippen LogP contribution in [0.3, 0.4) is 0 Å². The van der Waals surface area contributed by atoms with E-state index in [0.29, 0.717) is 17.9 Å². The van der Waals surface area contributed by atoms with Crippen LogP contribution in [0.25, 0.3) is 10.8 Å². The molecular formula is C26H21BrO3S. The third-order valence-electron chi connectivity index (χ3n) is 4.73. The number of hydrogen-bond acceptors (Lipinski definition) is 4. The molecule has 0 heterocycles. The van der Waals surface area contributed by atoms with Gasteiger partial charge in [0.05, 0.1) is 6.61 Å². The molecule has 0 radical (unpaired) electrons. The summed E-state index contributed by atoms with van der Waals surface area (Å²) in [6.07, 6.45) is 0. The molecule has 0 saturated heterocycles. The van der Waals surface area contributed by atoms with E-state index in [9.17, 15) is 4.79 Å². The normalized spacial score (nSPS) is 10.7. The fourth-order valence-corrected chi connectivity index (χ4v) is 4.21. The van der Waals surface area contributed by atoms with Crippen molar-refractivity contribution in [2.75, 3.05) is 12.4 Å². The first kappa shape index (κ1) is 21.5. The average Bonchev–Trinajstić information content (AvgIpc) is 2.82. The molecule has 156 valence electrons. The predicted molar refractivity (Wildman–Crippen MR) is 130 cm³/mol. The van der Waals surface area contributed by atoms with Gasteiger partial charge in [-0.25, -0.2) is 4.79 Å². The Morgan fingerprint density at radius 3 is 2.39 bits per heavy atom. The number of carbonyl (C=O) groups is 1. The summed E-state index contributed by atoms with van der Waals surface area (Å²) in [5, 5.41) is 1.81. The van der Waals surface area contributed by atoms with Crippen LogP contribution in [0.5, 0.6) is 5.75 Å². The second kappa shape index (κ2) is 10.5. The Bertz CT molecular complexity index is 1160. The molecule has 0 N–H and O–H groups in total. The number of carbonyl (C=O) groups excluding carboxylic acids is 1. The number of fused-ring (bicyclic) bond motifs is 1. The molecule has 0 bridgehead atoms. The van der Waals surface area contributed by atoms with Crippen LogP contribution in [0.4, 0.5) is 0 Å². The molecular weight excluding hydrogens is 472 g/mol. The van der Waals surface area contributed by atoms with Gasteiger partial charge in [-0.3, -0.25) is 0 Å². The summed E-state index contributed by atoms with van der Waals surface area (Å²) in [4.78, 5) is 14.2. The predicted octanol–water partition coefficient (Wildman–Crippen LogP) is 7.13. The fraction of sp³-hybridized carbons (Fsp3) is 0.115. The summed E-state index contributed by atoms with van der Waals surface area (Å²) in [7, 11) is 0. The number of halogens is 1. The van der Waals surface area contributed by atoms with Gasteiger partial charge in [-0.15, -0.1) is 11.8 Å². The van der Waals surface area contributed by atoms with Crippen molar-refractivity contribution >= 4 is 44.4 Å². The summed E-state index contributed by atoms with van der Waals surface area (Å²) in [6.45, 7) is 0.708. The van der Waals surface area contributed by atoms with Crippen molar-refractivity contribution < 1.29 is 14.3 Å². The summed E-state index contributed by atoms with van der Waals surface area (Å²) in [6, 6.07) is 29.5. The molecule has 4 aromatic rings. The van der Waals surface area contributed by atoms with Crippen LogP contribution < -0.4 is 4.74 Å². The average molecular weight is 493 g/mol. The SMILES string of the molecule is O=C(OCc1ccccc1)c1c(OCCSc2ccc(Br)cc2)ccc2ccccc12. The summed E-state index contributed by atoms with van der Waals surface area (Å²) >= 11 is 5.16. The standard InChI is InChI=1S/C26H21BrO3S/c27-21-11-13-22(14-12-21)31-17-16-29-24-15-10-20-8-4-5-9-23(20)25(24)26(28)30-18-19-6-2-1-3-7-19/h1-15H,16-18H2. The van der Waals surface area contributed by atoms with Gasteiger partial charge in [0.25, 0.3) is 0 Å². The van der Waals surface area contributed by atoms with Gasteiger partial charge in [-0.05, 0) is 46.7 Å². The van der Waals surface area contributed by atoms with E-state index in [4.69, 9.17) is 9.47 Å². The van der Waals surface area contributed by atoms with Crippen molar-refractivity contribution in [3.8, 4) is 5.75 Å². The highest BCUT2D eigenvalue weighted by Crippen LogP contribution is 2.30. The van der Waals surface area contributed by atoms with E-state index in [0.717, 1.165) is 26.6 Å². The molecule has 0 aliphatic rings. The van der Waals surface area contributed by atoms with Gasteiger partial charge in [-0.1, -0.05) is 76.6 Å². The van der Waals surface area contributed by atoms with Crippen LogP contribution in [0, 0.1) is 0 Å². The summed E-state index contributed by atoms with van der Waals surface area (Å²) in [5.74, 6) is 0.942. The number of benzene rings is 4. The second-order valence-corrected chi connectivity index (χ2v) is 8.96. The molecule has 0 amide bonds. The van der Waals surface area contributed by atoms with Gasteiger partial charge in [0.2, 0.25) is 0 Å². The van der Waals surface area contributed by atoms with Gasteiger partial charge >= 0.3 is 5.97 Å². The first-order valence-electron chi connectivity index (χ1n) is 9.95. The van der Waals surface area contributed by atoms with E-state index in [-0.39, 0.29) is 12.6 Å². The van der Waals surface area contributed by atoms with Gasteiger partial charge in [0.1, 0.15) is 17.9 Å². The first-order chi connectivity index (χ1) is 15.2. The molecule has 5 heteroatoms. The Morgan fingerprint density at radius 2 is 1.58 bits per heavy atom. The lowest BCUT2D eigenvalue weighted by molar-refractivity contribution is 0.0471. The smallest absolute Gasteiger partial charge is 0.342 e. The van der Waals surface area contributed by atoms with Gasteiger partial charge in [-0.2, -0.15) is 0 Å². The highest BCUT2D eigenvalue weighted by atomic mass is 79.9. The molecule has 4 rings (SSSR count). The molecule has 0 aromatic heterocycles. The molecule has 0 unspecified atom stereocenters. The van der Waals surface area contributed by atoms with E-state index in [1.165, 1.54) is 4.90 Å². The van der Waals surface area contributed by atoms with E-state index >= 15 is 0 Å².